The molecular formula is C12H21NO4. The van der Waals surface area contributed by atoms with Crippen LogP contribution in [0.25, 0.3) is 0 Å². The normalized spacial score (nSPS) is 10.0. The number of nitrogens with zero attached hydrogens (tertiary/aromatic N) is 1. The number of unbranched alkanes of at least 4 members (excludes halogenated alkanes) is 2. The molecule has 0 spiro atoms. The lowest BCUT2D eigenvalue weighted by Gasteiger charge is -2.21. The van der Waals surface area contributed by atoms with E-state index in [9.17, 15) is 14.4 Å². The van der Waals surface area contributed by atoms with Crippen molar-refractivity contribution in [2.24, 2.45) is 0 Å². The molecule has 1 N–H and O–H groups in total. The van der Waals surface area contributed by atoms with Crippen molar-refractivity contribution >= 4 is 17.7 Å². The zero-order valence-corrected chi connectivity index (χ0v) is 10.6. The number of amides is 1. The van der Waals surface area contributed by atoms with Gasteiger partial charge in [0.05, 0.1) is 6.42 Å². The van der Waals surface area contributed by atoms with Crippen LogP contribution in [-0.4, -0.2) is 40.8 Å². The van der Waals surface area contributed by atoms with E-state index in [-0.39, 0.29) is 5.91 Å². The molecule has 0 aromatic carbocycles. The lowest BCUT2D eigenvalue weighted by Crippen LogP contribution is -2.35. The van der Waals surface area contributed by atoms with Crippen molar-refractivity contribution in [3.05, 3.63) is 0 Å². The number of rotatable bonds is 9. The third kappa shape index (κ3) is 6.71. The van der Waals surface area contributed by atoms with Crippen molar-refractivity contribution in [3.63, 3.8) is 0 Å². The van der Waals surface area contributed by atoms with Gasteiger partial charge < -0.3 is 10.0 Å². The Morgan fingerprint density at radius 1 is 1.00 bits per heavy atom. The molecule has 17 heavy (non-hydrogen) atoms. The summed E-state index contributed by atoms with van der Waals surface area (Å²) >= 11 is 0. The number of carboxylic acid groups (broad SMARTS) is 1. The zero-order valence-electron chi connectivity index (χ0n) is 10.6. The highest BCUT2D eigenvalue weighted by molar-refractivity contribution is 6.36. The lowest BCUT2D eigenvalue weighted by molar-refractivity contribution is -0.151. The fourth-order valence-corrected chi connectivity index (χ4v) is 1.38. The van der Waals surface area contributed by atoms with Crippen molar-refractivity contribution in [3.8, 4) is 0 Å². The predicted molar refractivity (Wildman–Crippen MR) is 63.7 cm³/mol. The van der Waals surface area contributed by atoms with E-state index in [0.29, 0.717) is 13.1 Å². The minimum atomic E-state index is -1.54. The van der Waals surface area contributed by atoms with Gasteiger partial charge in [0.1, 0.15) is 0 Å². The van der Waals surface area contributed by atoms with Crippen LogP contribution in [-0.2, 0) is 14.4 Å². The van der Waals surface area contributed by atoms with Crippen LogP contribution in [0.15, 0.2) is 0 Å². The first kappa shape index (κ1) is 15.6. The largest absolute Gasteiger partial charge is 0.475 e. The molecule has 0 saturated heterocycles. The van der Waals surface area contributed by atoms with Crippen molar-refractivity contribution in [2.45, 2.75) is 46.0 Å². The minimum absolute atomic E-state index is 0.376. The van der Waals surface area contributed by atoms with Gasteiger partial charge in [-0.1, -0.05) is 26.7 Å². The average molecular weight is 243 g/mol. The first-order chi connectivity index (χ1) is 8.02. The van der Waals surface area contributed by atoms with E-state index in [2.05, 4.69) is 0 Å². The highest BCUT2D eigenvalue weighted by Crippen LogP contribution is 2.02. The van der Waals surface area contributed by atoms with Gasteiger partial charge in [0.2, 0.25) is 11.7 Å². The molecule has 0 aromatic heterocycles. The van der Waals surface area contributed by atoms with Crippen molar-refractivity contribution in [1.82, 2.24) is 4.90 Å². The fourth-order valence-electron chi connectivity index (χ4n) is 1.38. The summed E-state index contributed by atoms with van der Waals surface area (Å²) in [6.45, 7) is 5.24. The molecule has 0 aromatic rings. The maximum atomic E-state index is 11.7. The Labute approximate surface area is 102 Å². The van der Waals surface area contributed by atoms with E-state index in [4.69, 9.17) is 5.11 Å². The van der Waals surface area contributed by atoms with Gasteiger partial charge in [-0.05, 0) is 12.8 Å². The second-order valence-electron chi connectivity index (χ2n) is 3.99. The number of carboxylic acids is 1. The van der Waals surface area contributed by atoms with E-state index in [1.807, 2.05) is 13.8 Å². The fraction of sp³-hybridized carbons (Fsp3) is 0.750. The molecule has 1 amide bonds. The van der Waals surface area contributed by atoms with Gasteiger partial charge in [-0.2, -0.15) is 0 Å². The van der Waals surface area contributed by atoms with E-state index in [0.717, 1.165) is 25.7 Å². The van der Waals surface area contributed by atoms with Crippen LogP contribution in [0.5, 0.6) is 0 Å². The van der Waals surface area contributed by atoms with Crippen LogP contribution in [0.2, 0.25) is 0 Å². The summed E-state index contributed by atoms with van der Waals surface area (Å²) in [5, 5.41) is 8.44. The van der Waals surface area contributed by atoms with Crippen LogP contribution in [0, 0.1) is 0 Å². The van der Waals surface area contributed by atoms with Gasteiger partial charge in [-0.3, -0.25) is 9.59 Å². The van der Waals surface area contributed by atoms with Crippen LogP contribution in [0.3, 0.4) is 0 Å². The number of carbonyl (C=O) groups is 3. The average Bonchev–Trinajstić information content (AvgIpc) is 2.28. The van der Waals surface area contributed by atoms with E-state index in [1.165, 1.54) is 0 Å². The molecule has 98 valence electrons. The topological polar surface area (TPSA) is 74.7 Å². The van der Waals surface area contributed by atoms with E-state index < -0.39 is 18.2 Å². The Hall–Kier alpha value is -1.39. The van der Waals surface area contributed by atoms with Crippen molar-refractivity contribution < 1.29 is 19.5 Å². The first-order valence-electron chi connectivity index (χ1n) is 6.06. The molecule has 0 radical (unpaired) electrons. The molecule has 5 heteroatoms. The summed E-state index contributed by atoms with van der Waals surface area (Å²) < 4.78 is 0. The second-order valence-corrected chi connectivity index (χ2v) is 3.99. The second kappa shape index (κ2) is 8.73. The quantitative estimate of drug-likeness (QED) is 0.491. The molecule has 0 heterocycles. The maximum Gasteiger partial charge on any atom is 0.372 e. The number of hydrogen-bond acceptors (Lipinski definition) is 3. The molecule has 0 aliphatic carbocycles. The molecule has 0 aliphatic heterocycles. The van der Waals surface area contributed by atoms with Gasteiger partial charge in [-0.25, -0.2) is 4.79 Å². The number of carbonyl (C=O) groups excluding carboxylic acids is 2. The van der Waals surface area contributed by atoms with Gasteiger partial charge in [0, 0.05) is 13.1 Å². The lowest BCUT2D eigenvalue weighted by atomic mass is 10.2. The van der Waals surface area contributed by atoms with E-state index in [1.54, 1.807) is 4.90 Å². The standard InChI is InChI=1S/C12H21NO4/c1-3-5-7-13(8-6-4-2)11(15)9-10(14)12(16)17/h3-9H2,1-2H3,(H,16,17). The molecule has 0 atom stereocenters. The third-order valence-corrected chi connectivity index (χ3v) is 2.47. The van der Waals surface area contributed by atoms with Gasteiger partial charge in [-0.15, -0.1) is 0 Å². The summed E-state index contributed by atoms with van der Waals surface area (Å²) in [5.41, 5.74) is 0. The highest BCUT2D eigenvalue weighted by Gasteiger charge is 2.20. The molecule has 0 saturated carbocycles. The first-order valence-corrected chi connectivity index (χ1v) is 6.06. The molecule has 0 bridgehead atoms. The maximum absolute atomic E-state index is 11.7. The monoisotopic (exact) mass is 243 g/mol. The number of Topliss-reactive ketones (excluding diaryl/α,β-unsaturated/α-hetero) is 1. The van der Waals surface area contributed by atoms with Crippen molar-refractivity contribution in [1.29, 1.82) is 0 Å². The summed E-state index contributed by atoms with van der Waals surface area (Å²) in [4.78, 5) is 34.6. The van der Waals surface area contributed by atoms with Crippen LogP contribution in [0.4, 0.5) is 0 Å². The van der Waals surface area contributed by atoms with Crippen LogP contribution >= 0.6 is 0 Å². The molecule has 5 nitrogen and oxygen atoms in total. The number of hydrogen-bond donors (Lipinski definition) is 1. The summed E-state index contributed by atoms with van der Waals surface area (Å²) in [5.74, 6) is -2.95. The van der Waals surface area contributed by atoms with Gasteiger partial charge >= 0.3 is 5.97 Å². The van der Waals surface area contributed by atoms with Gasteiger partial charge in [0.15, 0.2) is 0 Å². The predicted octanol–water partition coefficient (Wildman–Crippen LogP) is 1.46. The molecule has 0 aliphatic rings. The Morgan fingerprint density at radius 2 is 1.47 bits per heavy atom. The molecular weight excluding hydrogens is 222 g/mol. The highest BCUT2D eigenvalue weighted by atomic mass is 16.4. The summed E-state index contributed by atoms with van der Waals surface area (Å²) in [6.07, 6.45) is 3.14. The SMILES string of the molecule is CCCCN(CCCC)C(=O)CC(=O)C(=O)O. The number of ketones is 1. The molecule has 0 fully saturated rings. The zero-order chi connectivity index (χ0) is 13.3. The van der Waals surface area contributed by atoms with Crippen LogP contribution < -0.4 is 0 Å². The third-order valence-electron chi connectivity index (χ3n) is 2.47. The Kier molecular flexibility index (Phi) is 8.01. The Balaban J connectivity index is 4.29. The minimum Gasteiger partial charge on any atom is -0.475 e. The molecule has 0 rings (SSSR count). The summed E-state index contributed by atoms with van der Waals surface area (Å²) in [7, 11) is 0. The summed E-state index contributed by atoms with van der Waals surface area (Å²) in [6, 6.07) is 0. The Morgan fingerprint density at radius 3 is 1.82 bits per heavy atom. The smallest absolute Gasteiger partial charge is 0.372 e. The van der Waals surface area contributed by atoms with Crippen LogP contribution in [0.1, 0.15) is 46.0 Å². The van der Waals surface area contributed by atoms with Crippen molar-refractivity contribution in [2.75, 3.05) is 13.1 Å². The van der Waals surface area contributed by atoms with Gasteiger partial charge in [0.25, 0.3) is 0 Å². The Bertz CT molecular complexity index is 268. The number of aliphatic carboxylic acids is 1. The van der Waals surface area contributed by atoms with E-state index >= 15 is 0 Å². The molecule has 0 unspecified atom stereocenters.